The highest BCUT2D eigenvalue weighted by molar-refractivity contribution is 4.75. The van der Waals surface area contributed by atoms with Crippen LogP contribution in [-0.2, 0) is 0 Å². The van der Waals surface area contributed by atoms with Gasteiger partial charge in [0.05, 0.1) is 0 Å². The zero-order valence-electron chi connectivity index (χ0n) is 16.4. The third-order valence-electron chi connectivity index (χ3n) is 3.25. The number of hydrogen-bond donors (Lipinski definition) is 0. The summed E-state index contributed by atoms with van der Waals surface area (Å²) in [4.78, 5) is 2.60. The maximum absolute atomic E-state index is 2.60. The van der Waals surface area contributed by atoms with Crippen LogP contribution in [0.5, 0.6) is 0 Å². The van der Waals surface area contributed by atoms with Crippen LogP contribution in [0.25, 0.3) is 0 Å². The summed E-state index contributed by atoms with van der Waals surface area (Å²) in [5.74, 6) is 1.87. The van der Waals surface area contributed by atoms with Crippen LogP contribution in [0.2, 0.25) is 0 Å². The minimum absolute atomic E-state index is 0.748. The molecule has 1 heterocycles. The topological polar surface area (TPSA) is 3.24 Å². The van der Waals surface area contributed by atoms with E-state index in [0.29, 0.717) is 0 Å². The Kier molecular flexibility index (Phi) is 23.6. The van der Waals surface area contributed by atoms with Gasteiger partial charge in [-0.2, -0.15) is 0 Å². The van der Waals surface area contributed by atoms with Crippen molar-refractivity contribution in [1.29, 1.82) is 0 Å². The molecule has 1 heteroatoms. The van der Waals surface area contributed by atoms with E-state index in [4.69, 9.17) is 0 Å². The summed E-state index contributed by atoms with van der Waals surface area (Å²) in [5.41, 5.74) is 0. The van der Waals surface area contributed by atoms with Gasteiger partial charge in [-0.05, 0) is 51.6 Å². The normalized spacial score (nSPS) is 15.6. The second-order valence-corrected chi connectivity index (χ2v) is 6.13. The Bertz CT molecular complexity index is 126. The molecular weight excluding hydrogens is 242 g/mol. The molecule has 0 saturated carbocycles. The molecule has 1 fully saturated rings. The first-order valence-electron chi connectivity index (χ1n) is 9.18. The van der Waals surface area contributed by atoms with Crippen LogP contribution < -0.4 is 0 Å². The second kappa shape index (κ2) is 19.0. The molecular formula is C19H45N. The van der Waals surface area contributed by atoms with Crippen molar-refractivity contribution in [2.75, 3.05) is 13.1 Å². The van der Waals surface area contributed by atoms with Gasteiger partial charge in [0.1, 0.15) is 0 Å². The number of hydrogen-bond acceptors (Lipinski definition) is 1. The average molecular weight is 288 g/mol. The van der Waals surface area contributed by atoms with E-state index in [2.05, 4.69) is 60.3 Å². The largest absolute Gasteiger partial charge is 0.301 e. The summed E-state index contributed by atoms with van der Waals surface area (Å²) in [7, 11) is 0. The molecule has 0 bridgehead atoms. The fraction of sp³-hybridized carbons (Fsp3) is 1.00. The van der Waals surface area contributed by atoms with E-state index in [1.165, 1.54) is 38.8 Å². The summed E-state index contributed by atoms with van der Waals surface area (Å²) >= 11 is 0. The monoisotopic (exact) mass is 287 g/mol. The van der Waals surface area contributed by atoms with Crippen molar-refractivity contribution in [3.8, 4) is 0 Å². The predicted molar refractivity (Wildman–Crippen MR) is 97.5 cm³/mol. The van der Waals surface area contributed by atoms with Gasteiger partial charge in [-0.25, -0.2) is 0 Å². The highest BCUT2D eigenvalue weighted by Crippen LogP contribution is 2.25. The molecule has 1 saturated heterocycles. The zero-order chi connectivity index (χ0) is 16.6. The quantitative estimate of drug-likeness (QED) is 0.551. The van der Waals surface area contributed by atoms with Gasteiger partial charge < -0.3 is 4.90 Å². The van der Waals surface area contributed by atoms with E-state index in [0.717, 1.165) is 17.9 Å². The standard InChI is InChI=1S/C11H23N.2C3H8.C2H6/c1-9(2)11-5-7-12(8-6-11)10(3)4;2*1-3-2;1-2/h9-11H,5-8H2,1-4H3;2*3H2,1-2H3;1-2H3. The van der Waals surface area contributed by atoms with Gasteiger partial charge in [-0.3, -0.25) is 0 Å². The third kappa shape index (κ3) is 16.0. The Morgan fingerprint density at radius 1 is 0.800 bits per heavy atom. The smallest absolute Gasteiger partial charge is 0.00385 e. The van der Waals surface area contributed by atoms with Gasteiger partial charge in [0.25, 0.3) is 0 Å². The molecule has 126 valence electrons. The highest BCUT2D eigenvalue weighted by Gasteiger charge is 2.22. The molecule has 1 nitrogen and oxygen atoms in total. The molecule has 0 aromatic heterocycles. The van der Waals surface area contributed by atoms with Gasteiger partial charge >= 0.3 is 0 Å². The van der Waals surface area contributed by atoms with Crippen molar-refractivity contribution in [3.63, 3.8) is 0 Å². The van der Waals surface area contributed by atoms with Crippen LogP contribution in [0.3, 0.4) is 0 Å². The first-order valence-corrected chi connectivity index (χ1v) is 9.18. The minimum Gasteiger partial charge on any atom is -0.301 e. The van der Waals surface area contributed by atoms with Gasteiger partial charge in [-0.1, -0.05) is 68.2 Å². The molecule has 0 aliphatic carbocycles. The van der Waals surface area contributed by atoms with Crippen molar-refractivity contribution in [1.82, 2.24) is 4.90 Å². The van der Waals surface area contributed by atoms with E-state index >= 15 is 0 Å². The van der Waals surface area contributed by atoms with Crippen molar-refractivity contribution >= 4 is 0 Å². The molecule has 0 aromatic rings. The Morgan fingerprint density at radius 2 is 1.10 bits per heavy atom. The van der Waals surface area contributed by atoms with Crippen molar-refractivity contribution in [3.05, 3.63) is 0 Å². The molecule has 0 N–H and O–H groups in total. The molecule has 0 radical (unpaired) electrons. The Labute approximate surface area is 131 Å². The molecule has 1 rings (SSSR count). The Balaban J connectivity index is -0.000000304. The summed E-state index contributed by atoms with van der Waals surface area (Å²) < 4.78 is 0. The fourth-order valence-corrected chi connectivity index (χ4v) is 2.10. The highest BCUT2D eigenvalue weighted by atomic mass is 15.1. The second-order valence-electron chi connectivity index (χ2n) is 6.13. The molecule has 0 unspecified atom stereocenters. The zero-order valence-corrected chi connectivity index (χ0v) is 16.4. The fourth-order valence-electron chi connectivity index (χ4n) is 2.10. The van der Waals surface area contributed by atoms with E-state index in [1.54, 1.807) is 0 Å². The van der Waals surface area contributed by atoms with Crippen LogP contribution in [0, 0.1) is 11.8 Å². The lowest BCUT2D eigenvalue weighted by molar-refractivity contribution is 0.129. The summed E-state index contributed by atoms with van der Waals surface area (Å²) in [6.45, 7) is 24.5. The molecule has 0 amide bonds. The number of likely N-dealkylation sites (tertiary alicyclic amines) is 1. The lowest BCUT2D eigenvalue weighted by atomic mass is 9.86. The van der Waals surface area contributed by atoms with Gasteiger partial charge in [0.2, 0.25) is 0 Å². The van der Waals surface area contributed by atoms with Crippen LogP contribution in [-0.4, -0.2) is 24.0 Å². The van der Waals surface area contributed by atoms with Crippen LogP contribution in [0.4, 0.5) is 0 Å². The van der Waals surface area contributed by atoms with Gasteiger partial charge in [-0.15, -0.1) is 0 Å². The Hall–Kier alpha value is -0.0400. The van der Waals surface area contributed by atoms with E-state index in [-0.39, 0.29) is 0 Å². The lowest BCUT2D eigenvalue weighted by Crippen LogP contribution is -2.39. The molecule has 1 aliphatic rings. The number of nitrogens with zero attached hydrogens (tertiary/aromatic N) is 1. The van der Waals surface area contributed by atoms with E-state index in [9.17, 15) is 0 Å². The van der Waals surface area contributed by atoms with Crippen molar-refractivity contribution < 1.29 is 0 Å². The lowest BCUT2D eigenvalue weighted by Gasteiger charge is -2.36. The SMILES string of the molecule is CC.CC(C)C1CCN(C(C)C)CC1.CCC.CCC. The molecule has 0 atom stereocenters. The molecule has 0 spiro atoms. The first-order chi connectivity index (χ1) is 9.44. The van der Waals surface area contributed by atoms with Gasteiger partial charge in [0, 0.05) is 6.04 Å². The van der Waals surface area contributed by atoms with Crippen molar-refractivity contribution in [2.24, 2.45) is 11.8 Å². The first kappa shape index (κ1) is 24.9. The molecule has 1 aliphatic heterocycles. The number of rotatable bonds is 2. The Morgan fingerprint density at radius 3 is 1.30 bits per heavy atom. The van der Waals surface area contributed by atoms with Gasteiger partial charge in [0.15, 0.2) is 0 Å². The van der Waals surface area contributed by atoms with Crippen LogP contribution in [0.15, 0.2) is 0 Å². The summed E-state index contributed by atoms with van der Waals surface area (Å²) in [6.07, 6.45) is 5.33. The molecule has 20 heavy (non-hydrogen) atoms. The maximum atomic E-state index is 2.60. The average Bonchev–Trinajstić information content (AvgIpc) is 2.43. The van der Waals surface area contributed by atoms with Crippen LogP contribution >= 0.6 is 0 Å². The van der Waals surface area contributed by atoms with E-state index < -0.39 is 0 Å². The number of piperidine rings is 1. The molecule has 0 aromatic carbocycles. The summed E-state index contributed by atoms with van der Waals surface area (Å²) in [5, 5.41) is 0. The minimum atomic E-state index is 0.748. The predicted octanol–water partition coefficient (Wildman–Crippen LogP) is 6.62. The summed E-state index contributed by atoms with van der Waals surface area (Å²) in [6, 6.07) is 0.748. The third-order valence-corrected chi connectivity index (χ3v) is 3.25. The van der Waals surface area contributed by atoms with E-state index in [1.807, 2.05) is 13.8 Å². The maximum Gasteiger partial charge on any atom is 0.00385 e. The van der Waals surface area contributed by atoms with Crippen LogP contribution in [0.1, 0.15) is 94.9 Å². The van der Waals surface area contributed by atoms with Crippen molar-refractivity contribution in [2.45, 2.75) is 101 Å².